The fraction of sp³-hybridized carbons (Fsp3) is 0.500. The van der Waals surface area contributed by atoms with E-state index in [0.717, 1.165) is 23.8 Å². The van der Waals surface area contributed by atoms with Crippen molar-refractivity contribution in [2.75, 3.05) is 36.4 Å². The van der Waals surface area contributed by atoms with Gasteiger partial charge >= 0.3 is 0 Å². The topological polar surface area (TPSA) is 87.2 Å². The molecule has 0 bridgehead atoms. The first kappa shape index (κ1) is 18.1. The Balaban J connectivity index is 1.50. The molecule has 1 saturated heterocycles. The molecule has 7 nitrogen and oxygen atoms in total. The first-order valence-corrected chi connectivity index (χ1v) is 10.7. The molecule has 2 aromatic heterocycles. The third-order valence-electron chi connectivity index (χ3n) is 4.04. The van der Waals surface area contributed by atoms with Gasteiger partial charge in [0.25, 0.3) is 0 Å². The summed E-state index contributed by atoms with van der Waals surface area (Å²) in [6, 6.07) is 5.36. The Kier molecular flexibility index (Phi) is 5.87. The largest absolute Gasteiger partial charge is 0.369 e. The van der Waals surface area contributed by atoms with Crippen LogP contribution in [0.4, 0.5) is 11.6 Å². The number of rotatable bonds is 7. The van der Waals surface area contributed by atoms with Gasteiger partial charge in [-0.25, -0.2) is 23.1 Å². The van der Waals surface area contributed by atoms with Crippen LogP contribution in [0.5, 0.6) is 0 Å². The minimum atomic E-state index is -3.43. The second-order valence-corrected chi connectivity index (χ2v) is 9.28. The van der Waals surface area contributed by atoms with Crippen molar-refractivity contribution in [3.8, 4) is 0 Å². The fourth-order valence-corrected chi connectivity index (χ4v) is 5.10. The number of aryl methyl sites for hydroxylation is 1. The number of thiophene rings is 1. The molecule has 2 aromatic rings. The first-order valence-electron chi connectivity index (χ1n) is 8.41. The molecule has 1 aliphatic rings. The number of nitrogens with zero attached hydrogens (tertiary/aromatic N) is 3. The van der Waals surface area contributed by atoms with Gasteiger partial charge in [-0.2, -0.15) is 0 Å². The van der Waals surface area contributed by atoms with Gasteiger partial charge in [-0.3, -0.25) is 0 Å². The summed E-state index contributed by atoms with van der Waals surface area (Å²) in [6.45, 7) is 4.69. The van der Waals surface area contributed by atoms with E-state index in [-0.39, 0.29) is 0 Å². The molecule has 0 radical (unpaired) electrons. The number of hydrogen-bond donors (Lipinski definition) is 2. The van der Waals surface area contributed by atoms with E-state index in [4.69, 9.17) is 0 Å². The van der Waals surface area contributed by atoms with E-state index in [0.29, 0.717) is 23.1 Å². The molecule has 0 spiro atoms. The molecule has 0 unspecified atom stereocenters. The van der Waals surface area contributed by atoms with Gasteiger partial charge in [0.15, 0.2) is 0 Å². The molecule has 0 saturated carbocycles. The highest BCUT2D eigenvalue weighted by Gasteiger charge is 2.15. The van der Waals surface area contributed by atoms with E-state index in [1.807, 2.05) is 13.0 Å². The van der Waals surface area contributed by atoms with E-state index in [1.54, 1.807) is 18.5 Å². The molecule has 0 aliphatic carbocycles. The molecule has 1 fully saturated rings. The van der Waals surface area contributed by atoms with Crippen molar-refractivity contribution in [1.82, 2.24) is 14.7 Å². The molecule has 3 heterocycles. The zero-order valence-electron chi connectivity index (χ0n) is 14.2. The normalized spacial score (nSPS) is 15.3. The molecule has 136 valence electrons. The van der Waals surface area contributed by atoms with Crippen LogP contribution in [-0.4, -0.2) is 44.6 Å². The summed E-state index contributed by atoms with van der Waals surface area (Å²) in [4.78, 5) is 11.8. The predicted octanol–water partition coefficient (Wildman–Crippen LogP) is 2.23. The van der Waals surface area contributed by atoms with Gasteiger partial charge in [0.1, 0.15) is 22.2 Å². The van der Waals surface area contributed by atoms with Gasteiger partial charge in [0.05, 0.1) is 0 Å². The van der Waals surface area contributed by atoms with Crippen molar-refractivity contribution in [1.29, 1.82) is 0 Å². The monoisotopic (exact) mass is 381 g/mol. The molecule has 3 rings (SSSR count). The quantitative estimate of drug-likeness (QED) is 0.715. The molecule has 25 heavy (non-hydrogen) atoms. The van der Waals surface area contributed by atoms with Crippen molar-refractivity contribution in [3.63, 3.8) is 0 Å². The van der Waals surface area contributed by atoms with E-state index in [1.165, 1.54) is 30.6 Å². The van der Waals surface area contributed by atoms with Crippen LogP contribution in [0.15, 0.2) is 28.7 Å². The van der Waals surface area contributed by atoms with Gasteiger partial charge in [0.2, 0.25) is 10.0 Å². The Morgan fingerprint density at radius 3 is 2.68 bits per heavy atom. The second-order valence-electron chi connectivity index (χ2n) is 6.00. The summed E-state index contributed by atoms with van der Waals surface area (Å²) >= 11 is 1.27. The van der Waals surface area contributed by atoms with E-state index in [9.17, 15) is 8.42 Å². The third kappa shape index (κ3) is 4.90. The summed E-state index contributed by atoms with van der Waals surface area (Å²) in [5.41, 5.74) is 0. The summed E-state index contributed by atoms with van der Waals surface area (Å²) in [7, 11) is -3.43. The van der Waals surface area contributed by atoms with Crippen LogP contribution in [0.25, 0.3) is 0 Å². The standard InChI is InChI=1S/C16H23N5O2S2/c1-13-5-6-16(24-13)25(22,23)20-8-7-17-14-11-15(19-12-18-14)21-9-3-2-4-10-21/h5-6,11-12,20H,2-4,7-10H2,1H3,(H,17,18,19). The molecule has 0 atom stereocenters. The molecular weight excluding hydrogens is 358 g/mol. The summed E-state index contributed by atoms with van der Waals surface area (Å²) in [5, 5.41) is 3.15. The number of nitrogens with one attached hydrogen (secondary N) is 2. The van der Waals surface area contributed by atoms with E-state index < -0.39 is 10.0 Å². The molecule has 2 N–H and O–H groups in total. The lowest BCUT2D eigenvalue weighted by molar-refractivity contribution is 0.573. The average molecular weight is 382 g/mol. The van der Waals surface area contributed by atoms with Gasteiger partial charge in [-0.1, -0.05) is 0 Å². The summed E-state index contributed by atoms with van der Waals surface area (Å²) in [5.74, 6) is 1.63. The Morgan fingerprint density at radius 1 is 1.16 bits per heavy atom. The maximum absolute atomic E-state index is 12.2. The Bertz CT molecular complexity index is 800. The third-order valence-corrected chi connectivity index (χ3v) is 6.99. The van der Waals surface area contributed by atoms with Crippen LogP contribution in [0.1, 0.15) is 24.1 Å². The lowest BCUT2D eigenvalue weighted by Crippen LogP contribution is -2.30. The van der Waals surface area contributed by atoms with Crippen LogP contribution < -0.4 is 14.9 Å². The van der Waals surface area contributed by atoms with Crippen LogP contribution >= 0.6 is 11.3 Å². The summed E-state index contributed by atoms with van der Waals surface area (Å²) in [6.07, 6.45) is 5.20. The molecule has 9 heteroatoms. The number of sulfonamides is 1. The second kappa shape index (κ2) is 8.11. The zero-order valence-corrected chi connectivity index (χ0v) is 15.9. The van der Waals surface area contributed by atoms with Crippen molar-refractivity contribution < 1.29 is 8.42 Å². The average Bonchev–Trinajstić information content (AvgIpc) is 3.07. The number of aromatic nitrogens is 2. The van der Waals surface area contributed by atoms with Crippen molar-refractivity contribution in [2.45, 2.75) is 30.4 Å². The van der Waals surface area contributed by atoms with Crippen LogP contribution in [0, 0.1) is 6.92 Å². The Labute approximate surface area is 152 Å². The lowest BCUT2D eigenvalue weighted by Gasteiger charge is -2.27. The van der Waals surface area contributed by atoms with Gasteiger partial charge in [-0.05, 0) is 38.3 Å². The number of piperidine rings is 1. The van der Waals surface area contributed by atoms with E-state index >= 15 is 0 Å². The van der Waals surface area contributed by atoms with Crippen molar-refractivity contribution in [2.24, 2.45) is 0 Å². The smallest absolute Gasteiger partial charge is 0.250 e. The SMILES string of the molecule is Cc1ccc(S(=O)(=O)NCCNc2cc(N3CCCCC3)ncn2)s1. The maximum Gasteiger partial charge on any atom is 0.250 e. The predicted molar refractivity (Wildman–Crippen MR) is 101 cm³/mol. The van der Waals surface area contributed by atoms with E-state index in [2.05, 4.69) is 24.9 Å². The Morgan fingerprint density at radius 2 is 1.96 bits per heavy atom. The minimum Gasteiger partial charge on any atom is -0.369 e. The van der Waals surface area contributed by atoms with Crippen LogP contribution in [0.2, 0.25) is 0 Å². The van der Waals surface area contributed by atoms with Gasteiger partial charge < -0.3 is 10.2 Å². The molecular formula is C16H23N5O2S2. The fourth-order valence-electron chi connectivity index (χ4n) is 2.74. The van der Waals surface area contributed by atoms with Crippen LogP contribution in [-0.2, 0) is 10.0 Å². The highest BCUT2D eigenvalue weighted by Crippen LogP contribution is 2.20. The van der Waals surface area contributed by atoms with Gasteiger partial charge in [-0.15, -0.1) is 11.3 Å². The highest BCUT2D eigenvalue weighted by molar-refractivity contribution is 7.91. The lowest BCUT2D eigenvalue weighted by atomic mass is 10.1. The summed E-state index contributed by atoms with van der Waals surface area (Å²) < 4.78 is 27.3. The first-order chi connectivity index (χ1) is 12.0. The van der Waals surface area contributed by atoms with Crippen molar-refractivity contribution >= 4 is 33.0 Å². The zero-order chi connectivity index (χ0) is 17.7. The van der Waals surface area contributed by atoms with Crippen LogP contribution in [0.3, 0.4) is 0 Å². The maximum atomic E-state index is 12.2. The molecule has 1 aliphatic heterocycles. The number of anilines is 2. The Hall–Kier alpha value is -1.71. The molecule has 0 amide bonds. The minimum absolute atomic E-state index is 0.294. The van der Waals surface area contributed by atoms with Crippen molar-refractivity contribution in [3.05, 3.63) is 29.4 Å². The molecule has 0 aromatic carbocycles. The highest BCUT2D eigenvalue weighted by atomic mass is 32.2. The van der Waals surface area contributed by atoms with Gasteiger partial charge in [0, 0.05) is 37.1 Å². The number of hydrogen-bond acceptors (Lipinski definition) is 7.